The normalized spacial score (nSPS) is 10.9. The number of hydrogen-bond donors (Lipinski definition) is 0. The van der Waals surface area contributed by atoms with Crippen molar-refractivity contribution < 1.29 is 9.21 Å². The van der Waals surface area contributed by atoms with Gasteiger partial charge in [0, 0.05) is 24.0 Å². The van der Waals surface area contributed by atoms with Crippen molar-refractivity contribution in [2.45, 2.75) is 20.0 Å². The molecule has 0 fully saturated rings. The number of nitrogens with zero attached hydrogens (tertiary/aromatic N) is 1. The maximum Gasteiger partial charge on any atom is 0.290 e. The predicted molar refractivity (Wildman–Crippen MR) is 107 cm³/mol. The van der Waals surface area contributed by atoms with Gasteiger partial charge in [-0.2, -0.15) is 0 Å². The largest absolute Gasteiger partial charge is 0.451 e. The topological polar surface area (TPSA) is 33.5 Å². The minimum atomic E-state index is -0.0867. The van der Waals surface area contributed by atoms with Crippen molar-refractivity contribution >= 4 is 16.9 Å². The molecule has 0 atom stereocenters. The number of fused-ring (bicyclic) bond motifs is 1. The Balaban J connectivity index is 1.69. The van der Waals surface area contributed by atoms with E-state index in [0.717, 1.165) is 27.7 Å². The number of rotatable bonds is 5. The zero-order chi connectivity index (χ0) is 18.6. The Morgan fingerprint density at radius 1 is 0.778 bits per heavy atom. The lowest BCUT2D eigenvalue weighted by Crippen LogP contribution is -2.30. The van der Waals surface area contributed by atoms with Crippen LogP contribution in [0.25, 0.3) is 11.0 Å². The molecular formula is C24H21NO2. The van der Waals surface area contributed by atoms with Crippen LogP contribution < -0.4 is 0 Å². The Bertz CT molecular complexity index is 1010. The minimum Gasteiger partial charge on any atom is -0.451 e. The summed E-state index contributed by atoms with van der Waals surface area (Å²) < 4.78 is 5.93. The average molecular weight is 355 g/mol. The highest BCUT2D eigenvalue weighted by atomic mass is 16.3. The van der Waals surface area contributed by atoms with Crippen LogP contribution in [0.5, 0.6) is 0 Å². The summed E-state index contributed by atoms with van der Waals surface area (Å²) in [6, 6.07) is 27.9. The molecule has 0 N–H and O–H groups in total. The summed E-state index contributed by atoms with van der Waals surface area (Å²) in [7, 11) is 0. The van der Waals surface area contributed by atoms with Crippen molar-refractivity contribution in [1.29, 1.82) is 0 Å². The molecular weight excluding hydrogens is 334 g/mol. The van der Waals surface area contributed by atoms with E-state index in [9.17, 15) is 4.79 Å². The summed E-state index contributed by atoms with van der Waals surface area (Å²) >= 11 is 0. The number of amides is 1. The summed E-state index contributed by atoms with van der Waals surface area (Å²) in [6.07, 6.45) is 0. The summed E-state index contributed by atoms with van der Waals surface area (Å²) in [4.78, 5) is 15.2. The van der Waals surface area contributed by atoms with Gasteiger partial charge >= 0.3 is 0 Å². The number of furan rings is 1. The molecule has 0 aliphatic carbocycles. The molecule has 0 saturated carbocycles. The molecule has 3 nitrogen and oxygen atoms in total. The van der Waals surface area contributed by atoms with Crippen molar-refractivity contribution in [3.8, 4) is 0 Å². The van der Waals surface area contributed by atoms with Crippen LogP contribution in [0.3, 0.4) is 0 Å². The van der Waals surface area contributed by atoms with Crippen LogP contribution in [0.1, 0.15) is 27.2 Å². The molecule has 0 spiro atoms. The lowest BCUT2D eigenvalue weighted by atomic mass is 10.1. The van der Waals surface area contributed by atoms with Gasteiger partial charge in [0.05, 0.1) is 0 Å². The summed E-state index contributed by atoms with van der Waals surface area (Å²) in [5, 5.41) is 0.986. The Morgan fingerprint density at radius 3 is 1.85 bits per heavy atom. The summed E-state index contributed by atoms with van der Waals surface area (Å²) in [5.74, 6) is 0.333. The molecule has 4 aromatic rings. The highest BCUT2D eigenvalue weighted by Gasteiger charge is 2.23. The molecule has 3 aromatic carbocycles. The van der Waals surface area contributed by atoms with Gasteiger partial charge in [0.1, 0.15) is 5.58 Å². The first-order valence-corrected chi connectivity index (χ1v) is 9.07. The number of carbonyl (C=O) groups is 1. The van der Waals surface area contributed by atoms with Crippen molar-refractivity contribution in [2.75, 3.05) is 0 Å². The predicted octanol–water partition coefficient (Wildman–Crippen LogP) is 5.58. The maximum atomic E-state index is 13.4. The van der Waals surface area contributed by atoms with Gasteiger partial charge in [-0.15, -0.1) is 0 Å². The second-order valence-corrected chi connectivity index (χ2v) is 6.68. The first-order valence-electron chi connectivity index (χ1n) is 9.07. The molecule has 1 aromatic heterocycles. The van der Waals surface area contributed by atoms with E-state index in [1.54, 1.807) is 0 Å². The molecule has 134 valence electrons. The van der Waals surface area contributed by atoms with E-state index < -0.39 is 0 Å². The molecule has 0 bridgehead atoms. The Morgan fingerprint density at radius 2 is 1.30 bits per heavy atom. The molecule has 0 unspecified atom stereocenters. The van der Waals surface area contributed by atoms with Gasteiger partial charge in [-0.25, -0.2) is 0 Å². The van der Waals surface area contributed by atoms with Crippen LogP contribution >= 0.6 is 0 Å². The molecule has 0 aliphatic heterocycles. The third-order valence-electron chi connectivity index (χ3n) is 4.76. The van der Waals surface area contributed by atoms with Crippen molar-refractivity contribution in [3.05, 3.63) is 107 Å². The molecule has 1 amide bonds. The second kappa shape index (κ2) is 7.50. The highest BCUT2D eigenvalue weighted by Crippen LogP contribution is 2.27. The van der Waals surface area contributed by atoms with Crippen LogP contribution in [-0.4, -0.2) is 10.8 Å². The molecule has 3 heteroatoms. The standard InChI is InChI=1S/C24H21NO2/c1-18-21-14-8-9-15-22(21)27-23(18)24(26)25(16-19-10-4-2-5-11-19)17-20-12-6-3-7-13-20/h2-15H,16-17H2,1H3. The number of aryl methyl sites for hydroxylation is 1. The van der Waals surface area contributed by atoms with E-state index in [-0.39, 0.29) is 5.91 Å². The lowest BCUT2D eigenvalue weighted by Gasteiger charge is -2.22. The van der Waals surface area contributed by atoms with Gasteiger partial charge in [0.15, 0.2) is 5.76 Å². The minimum absolute atomic E-state index is 0.0867. The van der Waals surface area contributed by atoms with Gasteiger partial charge in [-0.05, 0) is 24.1 Å². The lowest BCUT2D eigenvalue weighted by molar-refractivity contribution is 0.0699. The molecule has 1 heterocycles. The molecule has 4 rings (SSSR count). The Kier molecular flexibility index (Phi) is 4.75. The van der Waals surface area contributed by atoms with Crippen LogP contribution in [-0.2, 0) is 13.1 Å². The second-order valence-electron chi connectivity index (χ2n) is 6.68. The fourth-order valence-electron chi connectivity index (χ4n) is 3.33. The summed E-state index contributed by atoms with van der Waals surface area (Å²) in [5.41, 5.74) is 3.82. The van der Waals surface area contributed by atoms with E-state index in [4.69, 9.17) is 4.42 Å². The number of carbonyl (C=O) groups excluding carboxylic acids is 1. The number of hydrogen-bond acceptors (Lipinski definition) is 2. The maximum absolute atomic E-state index is 13.4. The first kappa shape index (κ1) is 17.1. The van der Waals surface area contributed by atoms with Gasteiger partial charge < -0.3 is 9.32 Å². The number of benzene rings is 3. The highest BCUT2D eigenvalue weighted by molar-refractivity contribution is 5.98. The third-order valence-corrected chi connectivity index (χ3v) is 4.76. The monoisotopic (exact) mass is 355 g/mol. The van der Waals surface area contributed by atoms with Gasteiger partial charge in [-0.3, -0.25) is 4.79 Å². The van der Waals surface area contributed by atoms with Crippen molar-refractivity contribution in [2.24, 2.45) is 0 Å². The molecule has 0 saturated heterocycles. The molecule has 27 heavy (non-hydrogen) atoms. The Labute approximate surface area is 158 Å². The van der Waals surface area contributed by atoms with Gasteiger partial charge in [0.2, 0.25) is 0 Å². The average Bonchev–Trinajstić information content (AvgIpc) is 3.05. The fraction of sp³-hybridized carbons (Fsp3) is 0.125. The third kappa shape index (κ3) is 3.63. The smallest absolute Gasteiger partial charge is 0.290 e. The summed E-state index contributed by atoms with van der Waals surface area (Å²) in [6.45, 7) is 3.01. The number of para-hydroxylation sites is 1. The van der Waals surface area contributed by atoms with Crippen LogP contribution in [0.15, 0.2) is 89.3 Å². The van der Waals surface area contributed by atoms with E-state index in [2.05, 4.69) is 0 Å². The van der Waals surface area contributed by atoms with Crippen LogP contribution in [0.4, 0.5) is 0 Å². The van der Waals surface area contributed by atoms with Crippen molar-refractivity contribution in [3.63, 3.8) is 0 Å². The SMILES string of the molecule is Cc1c(C(=O)N(Cc2ccccc2)Cc2ccccc2)oc2ccccc12. The van der Waals surface area contributed by atoms with E-state index in [1.165, 1.54) is 0 Å². The van der Waals surface area contributed by atoms with Crippen LogP contribution in [0.2, 0.25) is 0 Å². The van der Waals surface area contributed by atoms with E-state index >= 15 is 0 Å². The zero-order valence-electron chi connectivity index (χ0n) is 15.3. The van der Waals surface area contributed by atoms with Gasteiger partial charge in [0.25, 0.3) is 5.91 Å². The fourth-order valence-corrected chi connectivity index (χ4v) is 3.33. The first-order chi connectivity index (χ1) is 13.2. The van der Waals surface area contributed by atoms with Crippen LogP contribution in [0, 0.1) is 6.92 Å². The molecule has 0 aliphatic rings. The Hall–Kier alpha value is -3.33. The van der Waals surface area contributed by atoms with E-state index in [1.807, 2.05) is 96.8 Å². The van der Waals surface area contributed by atoms with Crippen molar-refractivity contribution in [1.82, 2.24) is 4.90 Å². The zero-order valence-corrected chi connectivity index (χ0v) is 15.3. The molecule has 0 radical (unpaired) electrons. The van der Waals surface area contributed by atoms with E-state index in [0.29, 0.717) is 18.8 Å². The van der Waals surface area contributed by atoms with Gasteiger partial charge in [-0.1, -0.05) is 78.9 Å². The quantitative estimate of drug-likeness (QED) is 0.468.